The highest BCUT2D eigenvalue weighted by molar-refractivity contribution is 6.07. The van der Waals surface area contributed by atoms with E-state index in [1.54, 1.807) is 12.1 Å². The number of benzene rings is 1. The Morgan fingerprint density at radius 2 is 1.62 bits per heavy atom. The summed E-state index contributed by atoms with van der Waals surface area (Å²) in [6.45, 7) is 0. The molecule has 0 aromatic heterocycles. The van der Waals surface area contributed by atoms with Crippen molar-refractivity contribution in [2.45, 2.75) is 18.8 Å². The number of carbonyl (C=O) groups excluding carboxylic acids is 4. The first-order chi connectivity index (χ1) is 13.9. The Kier molecular flexibility index (Phi) is 3.81. The number of imide groups is 2. The molecule has 2 aliphatic heterocycles. The first-order valence-electron chi connectivity index (χ1n) is 9.67. The van der Waals surface area contributed by atoms with Gasteiger partial charge >= 0.3 is 0 Å². The van der Waals surface area contributed by atoms with Crippen LogP contribution in [0.25, 0.3) is 0 Å². The number of rotatable bonds is 2. The molecule has 6 unspecified atom stereocenters. The quantitative estimate of drug-likeness (QED) is 0.497. The molecule has 5 rings (SSSR count). The van der Waals surface area contributed by atoms with Gasteiger partial charge in [0.15, 0.2) is 0 Å². The van der Waals surface area contributed by atoms with E-state index in [9.17, 15) is 24.3 Å². The number of nitrogens with one attached hydrogen (secondary N) is 2. The molecule has 2 heterocycles. The number of fused-ring (bicyclic) bond motifs is 4. The topological polar surface area (TPSA) is 122 Å². The average Bonchev–Trinajstić information content (AvgIpc) is 3.15. The average molecular weight is 396 g/mol. The molecule has 2 aliphatic carbocycles. The Hall–Kier alpha value is -3.16. The third-order valence-electron chi connectivity index (χ3n) is 6.91. The summed E-state index contributed by atoms with van der Waals surface area (Å²) in [6.07, 6.45) is 2.61. The zero-order valence-electron chi connectivity index (χ0n) is 15.7. The number of amides is 4. The molecule has 0 bridgehead atoms. The zero-order valence-corrected chi connectivity index (χ0v) is 15.7. The summed E-state index contributed by atoms with van der Waals surface area (Å²) < 4.78 is 5.46. The van der Waals surface area contributed by atoms with Gasteiger partial charge in [0.05, 0.1) is 30.8 Å². The van der Waals surface area contributed by atoms with Crippen LogP contribution in [0.15, 0.2) is 29.8 Å². The minimum Gasteiger partial charge on any atom is -0.508 e. The van der Waals surface area contributed by atoms with Gasteiger partial charge in [0.1, 0.15) is 11.5 Å². The van der Waals surface area contributed by atoms with E-state index >= 15 is 0 Å². The molecule has 1 saturated carbocycles. The summed E-state index contributed by atoms with van der Waals surface area (Å²) in [5.74, 6) is -4.29. The van der Waals surface area contributed by atoms with Crippen molar-refractivity contribution < 1.29 is 29.0 Å². The zero-order chi connectivity index (χ0) is 20.4. The highest BCUT2D eigenvalue weighted by Gasteiger charge is 2.59. The number of hydrogen-bond donors (Lipinski definition) is 3. The molecule has 4 aliphatic rings. The number of ether oxygens (including phenoxy) is 1. The number of phenolic OH excluding ortho intramolecular Hbond substituents is 1. The Bertz CT molecular complexity index is 999. The fraction of sp³-hybridized carbons (Fsp3) is 0.429. The van der Waals surface area contributed by atoms with Crippen LogP contribution in [0.3, 0.4) is 0 Å². The van der Waals surface area contributed by atoms with E-state index in [1.165, 1.54) is 13.2 Å². The molecule has 2 saturated heterocycles. The standard InChI is InChI=1S/C21H20N2O6/c1-29-13-4-2-3-12(24)17(13)15-8-5-6-9-14(20(27)22-18(9)25)10(8)7-11-16(15)21(28)23-19(11)26/h2-5,9-11,14-16,24H,6-7H2,1H3,(H,22,25,27)(H,23,26,28). The number of hydrogen-bond acceptors (Lipinski definition) is 6. The van der Waals surface area contributed by atoms with Gasteiger partial charge in [0.25, 0.3) is 0 Å². The highest BCUT2D eigenvalue weighted by atomic mass is 16.5. The smallest absolute Gasteiger partial charge is 0.231 e. The van der Waals surface area contributed by atoms with Crippen LogP contribution in [0.4, 0.5) is 0 Å². The number of allylic oxidation sites excluding steroid dienone is 2. The molecule has 150 valence electrons. The van der Waals surface area contributed by atoms with Gasteiger partial charge in [-0.1, -0.05) is 17.7 Å². The molecule has 0 spiro atoms. The predicted molar refractivity (Wildman–Crippen MR) is 98.5 cm³/mol. The van der Waals surface area contributed by atoms with E-state index in [2.05, 4.69) is 10.6 Å². The maximum atomic E-state index is 12.7. The van der Waals surface area contributed by atoms with E-state index in [-0.39, 0.29) is 35.3 Å². The summed E-state index contributed by atoms with van der Waals surface area (Å²) >= 11 is 0. The molecule has 4 amide bonds. The van der Waals surface area contributed by atoms with Crippen molar-refractivity contribution in [3.63, 3.8) is 0 Å². The molecule has 3 N–H and O–H groups in total. The Balaban J connectivity index is 1.71. The molecule has 6 atom stereocenters. The van der Waals surface area contributed by atoms with Gasteiger partial charge in [0.2, 0.25) is 23.6 Å². The van der Waals surface area contributed by atoms with Crippen LogP contribution in [0.5, 0.6) is 11.5 Å². The van der Waals surface area contributed by atoms with Crippen molar-refractivity contribution in [2.75, 3.05) is 7.11 Å². The molecule has 1 aromatic carbocycles. The lowest BCUT2D eigenvalue weighted by Crippen LogP contribution is -2.43. The van der Waals surface area contributed by atoms with Crippen LogP contribution in [-0.2, 0) is 19.2 Å². The van der Waals surface area contributed by atoms with Crippen LogP contribution >= 0.6 is 0 Å². The summed E-state index contributed by atoms with van der Waals surface area (Å²) in [7, 11) is 1.48. The minimum atomic E-state index is -0.691. The third-order valence-corrected chi connectivity index (χ3v) is 6.91. The molecular formula is C21H20N2O6. The number of methoxy groups -OCH3 is 1. The monoisotopic (exact) mass is 396 g/mol. The summed E-state index contributed by atoms with van der Waals surface area (Å²) in [4.78, 5) is 50.0. The molecule has 8 nitrogen and oxygen atoms in total. The van der Waals surface area contributed by atoms with E-state index in [4.69, 9.17) is 4.74 Å². The van der Waals surface area contributed by atoms with Crippen molar-refractivity contribution in [3.05, 3.63) is 35.4 Å². The molecule has 0 radical (unpaired) electrons. The van der Waals surface area contributed by atoms with Gasteiger partial charge in [-0.2, -0.15) is 0 Å². The highest BCUT2D eigenvalue weighted by Crippen LogP contribution is 2.58. The first kappa shape index (κ1) is 17.9. The van der Waals surface area contributed by atoms with Gasteiger partial charge in [-0.3, -0.25) is 29.8 Å². The van der Waals surface area contributed by atoms with Crippen molar-refractivity contribution in [2.24, 2.45) is 29.6 Å². The maximum absolute atomic E-state index is 12.7. The van der Waals surface area contributed by atoms with Crippen molar-refractivity contribution in [1.29, 1.82) is 0 Å². The van der Waals surface area contributed by atoms with Crippen molar-refractivity contribution >= 4 is 23.6 Å². The van der Waals surface area contributed by atoms with Crippen LogP contribution in [0.1, 0.15) is 24.3 Å². The van der Waals surface area contributed by atoms with Gasteiger partial charge in [-0.05, 0) is 30.9 Å². The van der Waals surface area contributed by atoms with Crippen LogP contribution in [0, 0.1) is 29.6 Å². The predicted octanol–water partition coefficient (Wildman–Crippen LogP) is 0.612. The maximum Gasteiger partial charge on any atom is 0.231 e. The fourth-order valence-corrected chi connectivity index (χ4v) is 5.75. The molecule has 29 heavy (non-hydrogen) atoms. The summed E-state index contributed by atoms with van der Waals surface area (Å²) in [6, 6.07) is 4.85. The normalized spacial score (nSPS) is 35.3. The number of carbonyl (C=O) groups is 4. The van der Waals surface area contributed by atoms with E-state index in [0.29, 0.717) is 24.2 Å². The Labute approximate surface area is 166 Å². The lowest BCUT2D eigenvalue weighted by molar-refractivity contribution is -0.128. The molecular weight excluding hydrogens is 376 g/mol. The van der Waals surface area contributed by atoms with E-state index < -0.39 is 29.6 Å². The Morgan fingerprint density at radius 1 is 0.931 bits per heavy atom. The Morgan fingerprint density at radius 3 is 2.34 bits per heavy atom. The van der Waals surface area contributed by atoms with Gasteiger partial charge in [-0.15, -0.1) is 0 Å². The van der Waals surface area contributed by atoms with Gasteiger partial charge in [-0.25, -0.2) is 0 Å². The van der Waals surface area contributed by atoms with E-state index in [0.717, 1.165) is 5.57 Å². The SMILES string of the molecule is COc1cccc(O)c1C1C2=CCC3C(=O)NC(=O)C3C2CC2C(=O)NC(=O)C21. The number of phenols is 1. The minimum absolute atomic E-state index is 0.0316. The molecule has 8 heteroatoms. The van der Waals surface area contributed by atoms with Crippen LogP contribution in [-0.4, -0.2) is 35.8 Å². The van der Waals surface area contributed by atoms with Gasteiger partial charge < -0.3 is 9.84 Å². The van der Waals surface area contributed by atoms with Crippen LogP contribution < -0.4 is 15.4 Å². The third kappa shape index (κ3) is 2.38. The van der Waals surface area contributed by atoms with Crippen molar-refractivity contribution in [1.82, 2.24) is 10.6 Å². The lowest BCUT2D eigenvalue weighted by Gasteiger charge is -2.44. The second-order valence-corrected chi connectivity index (χ2v) is 8.12. The lowest BCUT2D eigenvalue weighted by atomic mass is 9.57. The largest absolute Gasteiger partial charge is 0.508 e. The molecule has 1 aromatic rings. The fourth-order valence-electron chi connectivity index (χ4n) is 5.75. The van der Waals surface area contributed by atoms with Crippen LogP contribution in [0.2, 0.25) is 0 Å². The van der Waals surface area contributed by atoms with Gasteiger partial charge in [0, 0.05) is 11.5 Å². The van der Waals surface area contributed by atoms with Crippen molar-refractivity contribution in [3.8, 4) is 11.5 Å². The second kappa shape index (κ2) is 6.17. The first-order valence-corrected chi connectivity index (χ1v) is 9.67. The summed E-state index contributed by atoms with van der Waals surface area (Å²) in [5.41, 5.74) is 1.26. The second-order valence-electron chi connectivity index (χ2n) is 8.12. The molecule has 3 fully saturated rings. The van der Waals surface area contributed by atoms with E-state index in [1.807, 2.05) is 6.08 Å². The summed E-state index contributed by atoms with van der Waals surface area (Å²) in [5, 5.41) is 15.5. The number of aromatic hydroxyl groups is 1.